The zero-order chi connectivity index (χ0) is 21.7. The first-order valence-electron chi connectivity index (χ1n) is 10.0. The SMILES string of the molecule is CC(C)(C)OC(=O)[C@H](CCC#N)NC(=O)OCC1c2ccccc2-c2ccccc21. The van der Waals surface area contributed by atoms with Crippen LogP contribution in [0.15, 0.2) is 48.5 Å². The number of hydrogen-bond acceptors (Lipinski definition) is 5. The van der Waals surface area contributed by atoms with Crippen molar-refractivity contribution in [3.63, 3.8) is 0 Å². The Morgan fingerprint density at radius 1 is 1.07 bits per heavy atom. The Morgan fingerprint density at radius 2 is 1.63 bits per heavy atom. The number of nitriles is 1. The van der Waals surface area contributed by atoms with Gasteiger partial charge in [0.1, 0.15) is 18.2 Å². The number of fused-ring (bicyclic) bond motifs is 3. The number of carbonyl (C=O) groups is 2. The van der Waals surface area contributed by atoms with Gasteiger partial charge in [0.2, 0.25) is 0 Å². The Bertz CT molecular complexity index is 926. The van der Waals surface area contributed by atoms with E-state index in [0.29, 0.717) is 0 Å². The highest BCUT2D eigenvalue weighted by atomic mass is 16.6. The predicted molar refractivity (Wildman–Crippen MR) is 113 cm³/mol. The van der Waals surface area contributed by atoms with Crippen LogP contribution < -0.4 is 5.32 Å². The summed E-state index contributed by atoms with van der Waals surface area (Å²) in [4.78, 5) is 24.8. The van der Waals surface area contributed by atoms with E-state index in [1.165, 1.54) is 0 Å². The van der Waals surface area contributed by atoms with Gasteiger partial charge in [0.25, 0.3) is 0 Å². The van der Waals surface area contributed by atoms with Crippen molar-refractivity contribution in [1.82, 2.24) is 5.32 Å². The summed E-state index contributed by atoms with van der Waals surface area (Å²) < 4.78 is 10.8. The van der Waals surface area contributed by atoms with Crippen LogP contribution in [-0.4, -0.2) is 30.3 Å². The molecule has 0 saturated heterocycles. The molecule has 6 nitrogen and oxygen atoms in total. The average Bonchev–Trinajstić information content (AvgIpc) is 3.02. The maximum Gasteiger partial charge on any atom is 0.407 e. The van der Waals surface area contributed by atoms with Gasteiger partial charge in [-0.3, -0.25) is 0 Å². The van der Waals surface area contributed by atoms with Gasteiger partial charge in [-0.2, -0.15) is 5.26 Å². The highest BCUT2D eigenvalue weighted by Gasteiger charge is 2.30. The van der Waals surface area contributed by atoms with E-state index in [-0.39, 0.29) is 25.4 Å². The fourth-order valence-electron chi connectivity index (χ4n) is 3.61. The van der Waals surface area contributed by atoms with Crippen LogP contribution in [0.1, 0.15) is 50.7 Å². The number of alkyl carbamates (subject to hydrolysis) is 1. The molecule has 0 bridgehead atoms. The average molecular weight is 406 g/mol. The first kappa shape index (κ1) is 21.4. The van der Waals surface area contributed by atoms with E-state index in [4.69, 9.17) is 14.7 Å². The summed E-state index contributed by atoms with van der Waals surface area (Å²) in [7, 11) is 0. The van der Waals surface area contributed by atoms with E-state index >= 15 is 0 Å². The lowest BCUT2D eigenvalue weighted by Gasteiger charge is -2.24. The number of carbonyl (C=O) groups excluding carboxylic acids is 2. The maximum absolute atomic E-state index is 12.4. The molecule has 156 valence electrons. The van der Waals surface area contributed by atoms with Crippen LogP contribution in [-0.2, 0) is 14.3 Å². The minimum atomic E-state index is -0.931. The lowest BCUT2D eigenvalue weighted by atomic mass is 9.98. The molecule has 0 radical (unpaired) electrons. The number of ether oxygens (including phenoxy) is 2. The van der Waals surface area contributed by atoms with Crippen molar-refractivity contribution in [2.45, 2.75) is 51.2 Å². The first-order valence-corrected chi connectivity index (χ1v) is 10.0. The Balaban J connectivity index is 1.67. The van der Waals surface area contributed by atoms with Crippen LogP contribution in [0.4, 0.5) is 4.79 Å². The fraction of sp³-hybridized carbons (Fsp3) is 0.375. The summed E-state index contributed by atoms with van der Waals surface area (Å²) in [5, 5.41) is 11.4. The van der Waals surface area contributed by atoms with E-state index in [2.05, 4.69) is 17.4 Å². The first-order chi connectivity index (χ1) is 14.3. The normalized spacial score (nSPS) is 13.5. The fourth-order valence-corrected chi connectivity index (χ4v) is 3.61. The zero-order valence-electron chi connectivity index (χ0n) is 17.5. The molecule has 0 heterocycles. The second kappa shape index (κ2) is 9.00. The molecule has 30 heavy (non-hydrogen) atoms. The quantitative estimate of drug-likeness (QED) is 0.712. The number of benzene rings is 2. The topological polar surface area (TPSA) is 88.4 Å². The Kier molecular flexibility index (Phi) is 6.41. The third-order valence-electron chi connectivity index (χ3n) is 4.87. The van der Waals surface area contributed by atoms with Gasteiger partial charge < -0.3 is 14.8 Å². The van der Waals surface area contributed by atoms with Gasteiger partial charge in [-0.15, -0.1) is 0 Å². The summed E-state index contributed by atoms with van der Waals surface area (Å²) in [6, 6.07) is 17.2. The minimum Gasteiger partial charge on any atom is -0.458 e. The van der Waals surface area contributed by atoms with E-state index in [1.807, 2.05) is 42.5 Å². The lowest BCUT2D eigenvalue weighted by Crippen LogP contribution is -2.44. The monoisotopic (exact) mass is 406 g/mol. The number of hydrogen-bond donors (Lipinski definition) is 1. The largest absolute Gasteiger partial charge is 0.458 e. The van der Waals surface area contributed by atoms with Crippen LogP contribution in [0.2, 0.25) is 0 Å². The van der Waals surface area contributed by atoms with Gasteiger partial charge in [-0.1, -0.05) is 48.5 Å². The minimum absolute atomic E-state index is 0.0674. The van der Waals surface area contributed by atoms with Gasteiger partial charge in [0.05, 0.1) is 6.07 Å². The van der Waals surface area contributed by atoms with Crippen LogP contribution in [0.5, 0.6) is 0 Å². The summed E-state index contributed by atoms with van der Waals surface area (Å²) in [5.74, 6) is -0.645. The Labute approximate surface area is 176 Å². The van der Waals surface area contributed by atoms with Gasteiger partial charge in [0, 0.05) is 12.3 Å². The van der Waals surface area contributed by atoms with Crippen LogP contribution in [0, 0.1) is 11.3 Å². The number of nitrogens with one attached hydrogen (secondary N) is 1. The summed E-state index contributed by atoms with van der Waals surface area (Å²) in [6.45, 7) is 5.40. The van der Waals surface area contributed by atoms with Crippen molar-refractivity contribution in [3.8, 4) is 17.2 Å². The number of rotatable bonds is 6. The van der Waals surface area contributed by atoms with Gasteiger partial charge in [-0.05, 0) is 49.4 Å². The van der Waals surface area contributed by atoms with E-state index < -0.39 is 23.7 Å². The molecule has 1 aliphatic rings. The molecule has 0 saturated carbocycles. The Morgan fingerprint density at radius 3 is 2.17 bits per heavy atom. The third-order valence-corrected chi connectivity index (χ3v) is 4.87. The number of amides is 1. The highest BCUT2D eigenvalue weighted by molar-refractivity contribution is 5.82. The van der Waals surface area contributed by atoms with E-state index in [1.54, 1.807) is 20.8 Å². The molecular weight excluding hydrogens is 380 g/mol. The molecule has 2 aromatic carbocycles. The summed E-state index contributed by atoms with van der Waals surface area (Å²) in [6.07, 6.45) is -0.422. The van der Waals surface area contributed by atoms with Crippen molar-refractivity contribution < 1.29 is 19.1 Å². The molecule has 1 amide bonds. The smallest absolute Gasteiger partial charge is 0.407 e. The molecule has 1 atom stereocenters. The van der Waals surface area contributed by atoms with Crippen LogP contribution in [0.25, 0.3) is 11.1 Å². The molecule has 1 aliphatic carbocycles. The van der Waals surface area contributed by atoms with Crippen molar-refractivity contribution in [3.05, 3.63) is 59.7 Å². The second-order valence-electron chi connectivity index (χ2n) is 8.25. The van der Waals surface area contributed by atoms with Gasteiger partial charge >= 0.3 is 12.1 Å². The standard InChI is InChI=1S/C24H26N2O4/c1-24(2,3)30-22(27)21(13-8-14-25)26-23(28)29-15-20-18-11-6-4-9-16(18)17-10-5-7-12-19(17)20/h4-7,9-12,20-21H,8,13,15H2,1-3H3,(H,26,28)/t21-/m0/s1. The molecule has 0 aromatic heterocycles. The molecule has 0 spiro atoms. The van der Waals surface area contributed by atoms with E-state index in [0.717, 1.165) is 22.3 Å². The van der Waals surface area contributed by atoms with Crippen molar-refractivity contribution in [2.75, 3.05) is 6.61 Å². The van der Waals surface area contributed by atoms with Gasteiger partial charge in [0.15, 0.2) is 0 Å². The van der Waals surface area contributed by atoms with Crippen molar-refractivity contribution in [1.29, 1.82) is 5.26 Å². The second-order valence-corrected chi connectivity index (χ2v) is 8.25. The third kappa shape index (κ3) is 4.98. The predicted octanol–water partition coefficient (Wildman–Crippen LogP) is 4.54. The molecular formula is C24H26N2O4. The number of nitrogens with zero attached hydrogens (tertiary/aromatic N) is 1. The molecule has 2 aromatic rings. The molecule has 1 N–H and O–H groups in total. The lowest BCUT2D eigenvalue weighted by molar-refractivity contribution is -0.157. The van der Waals surface area contributed by atoms with E-state index in [9.17, 15) is 9.59 Å². The van der Waals surface area contributed by atoms with Crippen molar-refractivity contribution >= 4 is 12.1 Å². The molecule has 0 aliphatic heterocycles. The molecule has 6 heteroatoms. The summed E-state index contributed by atoms with van der Waals surface area (Å²) >= 11 is 0. The Hall–Kier alpha value is -3.33. The summed E-state index contributed by atoms with van der Waals surface area (Å²) in [5.41, 5.74) is 3.81. The number of esters is 1. The highest BCUT2D eigenvalue weighted by Crippen LogP contribution is 2.44. The maximum atomic E-state index is 12.4. The zero-order valence-corrected chi connectivity index (χ0v) is 17.5. The van der Waals surface area contributed by atoms with Crippen LogP contribution >= 0.6 is 0 Å². The van der Waals surface area contributed by atoms with Crippen LogP contribution in [0.3, 0.4) is 0 Å². The molecule has 3 rings (SSSR count). The van der Waals surface area contributed by atoms with Gasteiger partial charge in [-0.25, -0.2) is 9.59 Å². The van der Waals surface area contributed by atoms with Crippen molar-refractivity contribution in [2.24, 2.45) is 0 Å². The molecule has 0 unspecified atom stereocenters. The molecule has 0 fully saturated rings.